The maximum Gasteiger partial charge on any atom is 0.142 e. The van der Waals surface area contributed by atoms with Gasteiger partial charge in [-0.1, -0.05) is 35.9 Å². The van der Waals surface area contributed by atoms with Crippen LogP contribution in [0.4, 0.5) is 4.39 Å². The highest BCUT2D eigenvalue weighted by molar-refractivity contribution is 14.1. The Balaban J connectivity index is 2.24. The molecule has 2 aromatic rings. The van der Waals surface area contributed by atoms with Gasteiger partial charge in [-0.15, -0.1) is 0 Å². The van der Waals surface area contributed by atoms with E-state index in [0.717, 1.165) is 14.7 Å². The van der Waals surface area contributed by atoms with Crippen molar-refractivity contribution < 1.29 is 4.39 Å². The average molecular weight is 391 g/mol. The maximum atomic E-state index is 13.4. The number of hydrazine groups is 1. The van der Waals surface area contributed by atoms with Crippen LogP contribution in [0.5, 0.6) is 0 Å². The Morgan fingerprint density at radius 1 is 1.26 bits per heavy atom. The number of nitrogens with one attached hydrogen (secondary N) is 1. The highest BCUT2D eigenvalue weighted by Crippen LogP contribution is 2.24. The molecular formula is C14H13ClFIN2. The Bertz CT molecular complexity index is 577. The molecule has 1 atom stereocenters. The van der Waals surface area contributed by atoms with Crippen LogP contribution in [0.2, 0.25) is 5.02 Å². The molecule has 0 fully saturated rings. The molecule has 2 nitrogen and oxygen atoms in total. The summed E-state index contributed by atoms with van der Waals surface area (Å²) < 4.78 is 14.6. The van der Waals surface area contributed by atoms with E-state index in [1.807, 2.05) is 30.3 Å². The van der Waals surface area contributed by atoms with E-state index in [1.165, 1.54) is 6.07 Å². The summed E-state index contributed by atoms with van der Waals surface area (Å²) in [5.41, 5.74) is 4.73. The largest absolute Gasteiger partial charge is 0.271 e. The minimum Gasteiger partial charge on any atom is -0.271 e. The Morgan fingerprint density at radius 2 is 2.00 bits per heavy atom. The van der Waals surface area contributed by atoms with E-state index in [4.69, 9.17) is 17.4 Å². The zero-order valence-electron chi connectivity index (χ0n) is 10.0. The molecule has 19 heavy (non-hydrogen) atoms. The summed E-state index contributed by atoms with van der Waals surface area (Å²) in [6.45, 7) is 0. The van der Waals surface area contributed by atoms with Gasteiger partial charge in [-0.25, -0.2) is 4.39 Å². The molecule has 2 rings (SSSR count). The predicted octanol–water partition coefficient (Wildman–Crippen LogP) is 3.83. The molecule has 0 amide bonds. The highest BCUT2D eigenvalue weighted by Gasteiger charge is 2.14. The van der Waals surface area contributed by atoms with Crippen molar-refractivity contribution in [1.82, 2.24) is 5.43 Å². The second kappa shape index (κ2) is 6.65. The summed E-state index contributed by atoms with van der Waals surface area (Å²) in [6, 6.07) is 12.7. The van der Waals surface area contributed by atoms with Crippen molar-refractivity contribution >= 4 is 34.2 Å². The molecule has 0 radical (unpaired) electrons. The number of hydrogen-bond donors (Lipinski definition) is 2. The number of nitrogens with two attached hydrogens (primary N) is 1. The fraction of sp³-hybridized carbons (Fsp3) is 0.143. The summed E-state index contributed by atoms with van der Waals surface area (Å²) in [4.78, 5) is 0. The standard InChI is InChI=1S/C14H13ClFIN2/c15-11-6-5-9(7-12(11)16)8-14(19-18)10-3-1-2-4-13(10)17/h1-7,14,19H,8,18H2. The van der Waals surface area contributed by atoms with Crippen molar-refractivity contribution in [2.24, 2.45) is 5.84 Å². The third kappa shape index (κ3) is 3.66. The van der Waals surface area contributed by atoms with Crippen LogP contribution in [-0.2, 0) is 6.42 Å². The van der Waals surface area contributed by atoms with E-state index >= 15 is 0 Å². The van der Waals surface area contributed by atoms with Crippen LogP contribution in [0.15, 0.2) is 42.5 Å². The molecule has 5 heteroatoms. The summed E-state index contributed by atoms with van der Waals surface area (Å²) >= 11 is 7.94. The second-order valence-electron chi connectivity index (χ2n) is 4.19. The van der Waals surface area contributed by atoms with Gasteiger partial charge in [0.2, 0.25) is 0 Å². The predicted molar refractivity (Wildman–Crippen MR) is 84.3 cm³/mol. The van der Waals surface area contributed by atoms with Gasteiger partial charge in [0.25, 0.3) is 0 Å². The van der Waals surface area contributed by atoms with Gasteiger partial charge < -0.3 is 0 Å². The first kappa shape index (κ1) is 14.7. The highest BCUT2D eigenvalue weighted by atomic mass is 127. The minimum atomic E-state index is -0.405. The first-order valence-electron chi connectivity index (χ1n) is 5.76. The second-order valence-corrected chi connectivity index (χ2v) is 5.76. The average Bonchev–Trinajstić information content (AvgIpc) is 2.41. The van der Waals surface area contributed by atoms with Crippen LogP contribution in [0.1, 0.15) is 17.2 Å². The molecule has 0 saturated heterocycles. The third-order valence-electron chi connectivity index (χ3n) is 2.91. The normalized spacial score (nSPS) is 12.4. The van der Waals surface area contributed by atoms with E-state index < -0.39 is 5.82 Å². The molecule has 3 N–H and O–H groups in total. The topological polar surface area (TPSA) is 38.0 Å². The van der Waals surface area contributed by atoms with Gasteiger partial charge in [-0.3, -0.25) is 11.3 Å². The first-order valence-corrected chi connectivity index (χ1v) is 7.22. The van der Waals surface area contributed by atoms with Crippen molar-refractivity contribution in [2.45, 2.75) is 12.5 Å². The summed E-state index contributed by atoms with van der Waals surface area (Å²) in [5, 5.41) is 0.135. The van der Waals surface area contributed by atoms with E-state index in [1.54, 1.807) is 6.07 Å². The van der Waals surface area contributed by atoms with Crippen molar-refractivity contribution in [3.05, 3.63) is 68.0 Å². The summed E-state index contributed by atoms with van der Waals surface area (Å²) in [5.74, 6) is 5.21. The molecule has 100 valence electrons. The van der Waals surface area contributed by atoms with Crippen LogP contribution < -0.4 is 11.3 Å². The summed E-state index contributed by atoms with van der Waals surface area (Å²) in [7, 11) is 0. The Morgan fingerprint density at radius 3 is 2.63 bits per heavy atom. The molecule has 0 aliphatic carbocycles. The van der Waals surface area contributed by atoms with E-state index in [9.17, 15) is 4.39 Å². The lowest BCUT2D eigenvalue weighted by Gasteiger charge is -2.18. The van der Waals surface area contributed by atoms with Gasteiger partial charge in [-0.05, 0) is 58.3 Å². The number of hydrogen-bond acceptors (Lipinski definition) is 2. The van der Waals surface area contributed by atoms with E-state index in [0.29, 0.717) is 6.42 Å². The van der Waals surface area contributed by atoms with Crippen LogP contribution in [0.3, 0.4) is 0 Å². The fourth-order valence-corrected chi connectivity index (χ4v) is 2.80. The lowest BCUT2D eigenvalue weighted by molar-refractivity contribution is 0.546. The third-order valence-corrected chi connectivity index (χ3v) is 4.19. The van der Waals surface area contributed by atoms with Gasteiger partial charge in [-0.2, -0.15) is 0 Å². The van der Waals surface area contributed by atoms with Crippen molar-refractivity contribution in [1.29, 1.82) is 0 Å². The van der Waals surface area contributed by atoms with Crippen molar-refractivity contribution in [3.63, 3.8) is 0 Å². The number of rotatable bonds is 4. The fourth-order valence-electron chi connectivity index (χ4n) is 1.92. The first-order chi connectivity index (χ1) is 9.11. The van der Waals surface area contributed by atoms with Crippen LogP contribution in [0, 0.1) is 9.39 Å². The van der Waals surface area contributed by atoms with Crippen molar-refractivity contribution in [2.75, 3.05) is 0 Å². The quantitative estimate of drug-likeness (QED) is 0.473. The molecule has 0 bridgehead atoms. The summed E-state index contributed by atoms with van der Waals surface area (Å²) in [6.07, 6.45) is 0.602. The van der Waals surface area contributed by atoms with Crippen LogP contribution >= 0.6 is 34.2 Å². The Kier molecular flexibility index (Phi) is 5.15. The molecular weight excluding hydrogens is 378 g/mol. The molecule has 0 spiro atoms. The minimum absolute atomic E-state index is 0.0614. The van der Waals surface area contributed by atoms with E-state index in [-0.39, 0.29) is 11.1 Å². The molecule has 0 heterocycles. The zero-order chi connectivity index (χ0) is 13.8. The molecule has 0 aliphatic heterocycles. The van der Waals surface area contributed by atoms with E-state index in [2.05, 4.69) is 28.0 Å². The number of halogens is 3. The zero-order valence-corrected chi connectivity index (χ0v) is 13.0. The van der Waals surface area contributed by atoms with Gasteiger partial charge in [0, 0.05) is 3.57 Å². The lowest BCUT2D eigenvalue weighted by atomic mass is 9.99. The van der Waals surface area contributed by atoms with Crippen molar-refractivity contribution in [3.8, 4) is 0 Å². The monoisotopic (exact) mass is 390 g/mol. The van der Waals surface area contributed by atoms with Gasteiger partial charge in [0.15, 0.2) is 0 Å². The van der Waals surface area contributed by atoms with Gasteiger partial charge in [0.05, 0.1) is 11.1 Å². The molecule has 2 aromatic carbocycles. The van der Waals surface area contributed by atoms with Gasteiger partial charge >= 0.3 is 0 Å². The maximum absolute atomic E-state index is 13.4. The SMILES string of the molecule is NNC(Cc1ccc(Cl)c(F)c1)c1ccccc1I. The molecule has 0 aliphatic rings. The number of benzene rings is 2. The molecule has 0 saturated carbocycles. The van der Waals surface area contributed by atoms with Crippen LogP contribution in [-0.4, -0.2) is 0 Å². The lowest BCUT2D eigenvalue weighted by Crippen LogP contribution is -2.30. The molecule has 1 unspecified atom stereocenters. The van der Waals surface area contributed by atoms with Crippen LogP contribution in [0.25, 0.3) is 0 Å². The Hall–Kier alpha value is -0.690. The Labute approximate surface area is 130 Å². The van der Waals surface area contributed by atoms with Gasteiger partial charge in [0.1, 0.15) is 5.82 Å². The smallest absolute Gasteiger partial charge is 0.142 e. The molecule has 0 aromatic heterocycles.